The molecule has 0 bridgehead atoms. The second-order valence-corrected chi connectivity index (χ2v) is 11.0. The standard InChI is InChI=1S/C21H27N5O4S/c1-21(2,3)30-20(27)25-18-14-11-26(12-15(14)18)17-10-16(22-13-8-6-5-7-9-13)23-19(24-17)31(4,28)29/h5-10,14-15,18H,11-12H2,1-4H3,(H,25,27)(H,22,23,24)/t14-,15+,18?. The van der Waals surface area contributed by atoms with E-state index in [1.54, 1.807) is 6.07 Å². The molecule has 1 aliphatic carbocycles. The molecule has 0 spiro atoms. The second-order valence-electron chi connectivity index (χ2n) is 9.06. The van der Waals surface area contributed by atoms with E-state index in [1.807, 2.05) is 56.0 Å². The number of para-hydroxylation sites is 1. The van der Waals surface area contributed by atoms with Gasteiger partial charge in [0.15, 0.2) is 0 Å². The van der Waals surface area contributed by atoms with Crippen molar-refractivity contribution in [2.75, 3.05) is 29.6 Å². The van der Waals surface area contributed by atoms with Crippen LogP contribution in [0.5, 0.6) is 0 Å². The lowest BCUT2D eigenvalue weighted by atomic mass is 10.2. The van der Waals surface area contributed by atoms with Crippen LogP contribution in [0.2, 0.25) is 0 Å². The highest BCUT2D eigenvalue weighted by molar-refractivity contribution is 7.90. The third kappa shape index (κ3) is 5.07. The van der Waals surface area contributed by atoms with E-state index in [2.05, 4.69) is 20.6 Å². The number of ether oxygens (including phenoxy) is 1. The fourth-order valence-corrected chi connectivity index (χ4v) is 4.37. The first-order valence-electron chi connectivity index (χ1n) is 10.2. The summed E-state index contributed by atoms with van der Waals surface area (Å²) in [4.78, 5) is 22.5. The van der Waals surface area contributed by atoms with Gasteiger partial charge in [-0.25, -0.2) is 23.2 Å². The average molecular weight is 446 g/mol. The van der Waals surface area contributed by atoms with Gasteiger partial charge in [0, 0.05) is 49.0 Å². The molecule has 4 rings (SSSR count). The molecule has 3 atom stereocenters. The van der Waals surface area contributed by atoms with Gasteiger partial charge >= 0.3 is 6.09 Å². The highest BCUT2D eigenvalue weighted by Crippen LogP contribution is 2.46. The molecule has 1 aliphatic heterocycles. The third-order valence-electron chi connectivity index (χ3n) is 5.27. The average Bonchev–Trinajstić information content (AvgIpc) is 3.09. The molecule has 2 N–H and O–H groups in total. The number of carbonyl (C=O) groups excluding carboxylic acids is 1. The Morgan fingerprint density at radius 1 is 1.13 bits per heavy atom. The van der Waals surface area contributed by atoms with Crippen LogP contribution in [-0.4, -0.2) is 55.5 Å². The molecule has 1 saturated heterocycles. The number of nitrogens with zero attached hydrogens (tertiary/aromatic N) is 3. The number of sulfone groups is 1. The SMILES string of the molecule is CC(C)(C)OC(=O)NC1[C@H]2CN(c3cc(Nc4ccccc4)nc(S(C)(=O)=O)n3)C[C@@H]12. The van der Waals surface area contributed by atoms with Crippen LogP contribution in [0.3, 0.4) is 0 Å². The lowest BCUT2D eigenvalue weighted by Crippen LogP contribution is -2.38. The Balaban J connectivity index is 1.47. The van der Waals surface area contributed by atoms with E-state index in [0.717, 1.165) is 11.9 Å². The van der Waals surface area contributed by atoms with Crippen molar-refractivity contribution >= 4 is 33.3 Å². The normalized spacial score (nSPS) is 22.6. The molecule has 2 heterocycles. The minimum Gasteiger partial charge on any atom is -0.444 e. The molecule has 0 radical (unpaired) electrons. The third-order valence-corrected chi connectivity index (χ3v) is 6.12. The summed E-state index contributed by atoms with van der Waals surface area (Å²) in [6, 6.07) is 11.2. The van der Waals surface area contributed by atoms with Crippen molar-refractivity contribution < 1.29 is 17.9 Å². The van der Waals surface area contributed by atoms with Crippen LogP contribution in [-0.2, 0) is 14.6 Å². The molecule has 1 aromatic heterocycles. The minimum atomic E-state index is -3.58. The largest absolute Gasteiger partial charge is 0.444 e. The van der Waals surface area contributed by atoms with Crippen LogP contribution < -0.4 is 15.5 Å². The summed E-state index contributed by atoms with van der Waals surface area (Å²) in [6.45, 7) is 6.85. The van der Waals surface area contributed by atoms with Crippen LogP contribution >= 0.6 is 0 Å². The van der Waals surface area contributed by atoms with Crippen molar-refractivity contribution in [1.29, 1.82) is 0 Å². The van der Waals surface area contributed by atoms with Crippen molar-refractivity contribution in [3.63, 3.8) is 0 Å². The molecule has 1 aromatic carbocycles. The summed E-state index contributed by atoms with van der Waals surface area (Å²) in [5, 5.41) is 5.86. The molecule has 2 fully saturated rings. The summed E-state index contributed by atoms with van der Waals surface area (Å²) in [5.74, 6) is 1.54. The highest BCUT2D eigenvalue weighted by Gasteiger charge is 2.57. The molecule has 10 heteroatoms. The molecule has 1 amide bonds. The Hall–Kier alpha value is -2.88. The molecule has 9 nitrogen and oxygen atoms in total. The van der Waals surface area contributed by atoms with Gasteiger partial charge in [-0.15, -0.1) is 0 Å². The number of alkyl carbamates (subject to hydrolysis) is 1. The van der Waals surface area contributed by atoms with E-state index in [-0.39, 0.29) is 23.0 Å². The number of rotatable bonds is 5. The summed E-state index contributed by atoms with van der Waals surface area (Å²) in [7, 11) is -3.58. The Kier molecular flexibility index (Phi) is 5.28. The van der Waals surface area contributed by atoms with E-state index in [4.69, 9.17) is 4.74 Å². The van der Waals surface area contributed by atoms with Crippen LogP contribution in [0.25, 0.3) is 0 Å². The first-order valence-corrected chi connectivity index (χ1v) is 12.0. The van der Waals surface area contributed by atoms with E-state index in [0.29, 0.717) is 24.7 Å². The minimum absolute atomic E-state index is 0.0734. The molecule has 2 aliphatic rings. The predicted molar refractivity (Wildman–Crippen MR) is 117 cm³/mol. The number of carbonyl (C=O) groups is 1. The van der Waals surface area contributed by atoms with Crippen molar-refractivity contribution in [2.24, 2.45) is 11.8 Å². The van der Waals surface area contributed by atoms with Gasteiger partial charge in [-0.05, 0) is 32.9 Å². The van der Waals surface area contributed by atoms with E-state index < -0.39 is 21.5 Å². The quantitative estimate of drug-likeness (QED) is 0.675. The zero-order valence-corrected chi connectivity index (χ0v) is 18.8. The van der Waals surface area contributed by atoms with Gasteiger partial charge in [0.05, 0.1) is 0 Å². The van der Waals surface area contributed by atoms with Gasteiger partial charge in [0.2, 0.25) is 9.84 Å². The topological polar surface area (TPSA) is 114 Å². The zero-order valence-electron chi connectivity index (χ0n) is 18.0. The maximum absolute atomic E-state index is 12.1. The van der Waals surface area contributed by atoms with Gasteiger partial charge in [0.25, 0.3) is 5.16 Å². The van der Waals surface area contributed by atoms with Gasteiger partial charge in [0.1, 0.15) is 17.2 Å². The van der Waals surface area contributed by atoms with Crippen molar-refractivity contribution in [3.8, 4) is 0 Å². The fourth-order valence-electron chi connectivity index (χ4n) is 3.85. The Morgan fingerprint density at radius 2 is 1.77 bits per heavy atom. The Labute approximate surface area is 182 Å². The van der Waals surface area contributed by atoms with Crippen molar-refractivity contribution in [1.82, 2.24) is 15.3 Å². The molecule has 2 aromatic rings. The lowest BCUT2D eigenvalue weighted by Gasteiger charge is -2.23. The second kappa shape index (κ2) is 7.67. The monoisotopic (exact) mass is 445 g/mol. The van der Waals surface area contributed by atoms with Gasteiger partial charge in [-0.3, -0.25) is 0 Å². The van der Waals surface area contributed by atoms with Crippen LogP contribution in [0.15, 0.2) is 41.6 Å². The number of anilines is 3. The summed E-state index contributed by atoms with van der Waals surface area (Å²) in [5.41, 5.74) is 0.267. The summed E-state index contributed by atoms with van der Waals surface area (Å²) < 4.78 is 29.6. The van der Waals surface area contributed by atoms with Gasteiger partial charge < -0.3 is 20.3 Å². The number of aromatic nitrogens is 2. The predicted octanol–water partition coefficient (Wildman–Crippen LogP) is 2.58. The van der Waals surface area contributed by atoms with Gasteiger partial charge in [-0.2, -0.15) is 0 Å². The van der Waals surface area contributed by atoms with Crippen LogP contribution in [0, 0.1) is 11.8 Å². The molecule has 166 valence electrons. The number of amides is 1. The fraction of sp³-hybridized carbons (Fsp3) is 0.476. The summed E-state index contributed by atoms with van der Waals surface area (Å²) >= 11 is 0. The van der Waals surface area contributed by atoms with Gasteiger partial charge in [-0.1, -0.05) is 18.2 Å². The summed E-state index contributed by atoms with van der Waals surface area (Å²) in [6.07, 6.45) is 0.690. The highest BCUT2D eigenvalue weighted by atomic mass is 32.2. The van der Waals surface area contributed by atoms with Crippen LogP contribution in [0.1, 0.15) is 20.8 Å². The zero-order chi connectivity index (χ0) is 22.4. The van der Waals surface area contributed by atoms with E-state index >= 15 is 0 Å². The number of benzene rings is 1. The molecular weight excluding hydrogens is 418 g/mol. The maximum Gasteiger partial charge on any atom is 0.407 e. The first-order chi connectivity index (χ1) is 14.5. The number of nitrogens with one attached hydrogen (secondary N) is 2. The number of fused-ring (bicyclic) bond motifs is 1. The van der Waals surface area contributed by atoms with Crippen LogP contribution in [0.4, 0.5) is 22.1 Å². The number of piperidine rings is 1. The van der Waals surface area contributed by atoms with E-state index in [1.165, 1.54) is 0 Å². The Morgan fingerprint density at radius 3 is 2.35 bits per heavy atom. The molecule has 31 heavy (non-hydrogen) atoms. The molecular formula is C21H27N5O4S. The lowest BCUT2D eigenvalue weighted by molar-refractivity contribution is 0.0518. The van der Waals surface area contributed by atoms with E-state index in [9.17, 15) is 13.2 Å². The number of hydrogen-bond acceptors (Lipinski definition) is 8. The van der Waals surface area contributed by atoms with Crippen molar-refractivity contribution in [2.45, 2.75) is 37.6 Å². The maximum atomic E-state index is 12.1. The first kappa shape index (κ1) is 21.4. The molecule has 1 saturated carbocycles. The molecule has 1 unspecified atom stereocenters. The van der Waals surface area contributed by atoms with Crippen molar-refractivity contribution in [3.05, 3.63) is 36.4 Å². The Bertz CT molecular complexity index is 1070. The smallest absolute Gasteiger partial charge is 0.407 e. The number of hydrogen-bond donors (Lipinski definition) is 2.